The monoisotopic (exact) mass is 364 g/mol. The van der Waals surface area contributed by atoms with E-state index in [2.05, 4.69) is 17.1 Å². The van der Waals surface area contributed by atoms with Crippen molar-refractivity contribution in [3.63, 3.8) is 0 Å². The number of aryl methyl sites for hydroxylation is 1. The zero-order valence-corrected chi connectivity index (χ0v) is 15.6. The van der Waals surface area contributed by atoms with Gasteiger partial charge in [-0.1, -0.05) is 36.3 Å². The van der Waals surface area contributed by atoms with Gasteiger partial charge < -0.3 is 20.8 Å². The van der Waals surface area contributed by atoms with Crippen LogP contribution < -0.4 is 11.5 Å². The number of pyridine rings is 1. The summed E-state index contributed by atoms with van der Waals surface area (Å²) in [6.45, 7) is 4.10. The number of nitrogens with zero attached hydrogens (tertiary/aromatic N) is 2. The van der Waals surface area contributed by atoms with Crippen LogP contribution in [-0.2, 0) is 16.6 Å². The molecule has 0 atom stereocenters. The van der Waals surface area contributed by atoms with E-state index in [1.165, 1.54) is 12.8 Å². The average Bonchev–Trinajstić information content (AvgIpc) is 3.23. The fourth-order valence-electron chi connectivity index (χ4n) is 2.81. The number of aldehydes is 1. The maximum absolute atomic E-state index is 10.4. The first kappa shape index (κ1) is 18.6. The van der Waals surface area contributed by atoms with E-state index in [4.69, 9.17) is 16.0 Å². The highest BCUT2D eigenvalue weighted by Gasteiger charge is 2.42. The predicted molar refractivity (Wildman–Crippen MR) is 106 cm³/mol. The van der Waals surface area contributed by atoms with E-state index in [9.17, 15) is 4.79 Å². The summed E-state index contributed by atoms with van der Waals surface area (Å²) >= 11 is 0. The molecule has 1 aliphatic carbocycles. The molecule has 1 aromatic carbocycles. The Balaban J connectivity index is 0.000000177. The summed E-state index contributed by atoms with van der Waals surface area (Å²) in [6, 6.07) is 13.5. The SMILES string of the molecule is CC1(c2cc(N)no2)CC1.Cc1nc(N)ccc1-c1ccc(CC=O)cc1. The van der Waals surface area contributed by atoms with Crippen LogP contribution in [0.4, 0.5) is 11.6 Å². The molecule has 0 aliphatic heterocycles. The van der Waals surface area contributed by atoms with E-state index in [0.29, 0.717) is 18.1 Å². The van der Waals surface area contributed by atoms with E-state index >= 15 is 0 Å². The number of benzene rings is 1. The Bertz CT molecular complexity index is 928. The van der Waals surface area contributed by atoms with Crippen LogP contribution in [-0.4, -0.2) is 16.4 Å². The molecule has 4 rings (SSSR count). The first-order valence-electron chi connectivity index (χ1n) is 8.90. The number of nitrogens with two attached hydrogens (primary N) is 2. The number of rotatable bonds is 4. The molecule has 0 radical (unpaired) electrons. The van der Waals surface area contributed by atoms with E-state index in [0.717, 1.165) is 34.4 Å². The van der Waals surface area contributed by atoms with Crippen LogP contribution in [0.5, 0.6) is 0 Å². The molecule has 27 heavy (non-hydrogen) atoms. The Labute approximate surface area is 158 Å². The second-order valence-corrected chi connectivity index (χ2v) is 7.11. The first-order chi connectivity index (χ1) is 12.9. The highest BCUT2D eigenvalue weighted by atomic mass is 16.5. The highest BCUT2D eigenvalue weighted by molar-refractivity contribution is 5.67. The molecule has 6 heteroatoms. The first-order valence-corrected chi connectivity index (χ1v) is 8.90. The minimum absolute atomic E-state index is 0.255. The molecule has 2 aromatic heterocycles. The normalized spacial score (nSPS) is 14.1. The predicted octanol–water partition coefficient (Wildman–Crippen LogP) is 3.69. The summed E-state index contributed by atoms with van der Waals surface area (Å²) in [5.74, 6) is 1.96. The van der Waals surface area contributed by atoms with E-state index in [1.54, 1.807) is 6.07 Å². The van der Waals surface area contributed by atoms with E-state index in [-0.39, 0.29) is 5.41 Å². The van der Waals surface area contributed by atoms with Crippen molar-refractivity contribution in [1.82, 2.24) is 10.1 Å². The molecular formula is C21H24N4O2. The van der Waals surface area contributed by atoms with Crippen molar-refractivity contribution in [2.45, 2.75) is 38.5 Å². The molecule has 3 aromatic rings. The van der Waals surface area contributed by atoms with Gasteiger partial charge >= 0.3 is 0 Å². The summed E-state index contributed by atoms with van der Waals surface area (Å²) in [5, 5.41) is 3.63. The molecule has 1 saturated carbocycles. The summed E-state index contributed by atoms with van der Waals surface area (Å²) in [6.07, 6.45) is 3.76. The molecule has 1 aliphatic rings. The molecular weight excluding hydrogens is 340 g/mol. The second kappa shape index (κ2) is 7.61. The summed E-state index contributed by atoms with van der Waals surface area (Å²) in [4.78, 5) is 14.6. The zero-order valence-electron chi connectivity index (χ0n) is 15.6. The number of anilines is 2. The number of nitrogen functional groups attached to an aromatic ring is 2. The summed E-state index contributed by atoms with van der Waals surface area (Å²) in [7, 11) is 0. The average molecular weight is 364 g/mol. The Hall–Kier alpha value is -3.15. The Kier molecular flexibility index (Phi) is 5.26. The maximum atomic E-state index is 10.4. The van der Waals surface area contributed by atoms with Crippen molar-refractivity contribution in [2.75, 3.05) is 11.5 Å². The maximum Gasteiger partial charge on any atom is 0.167 e. The fourth-order valence-corrected chi connectivity index (χ4v) is 2.81. The number of carbonyl (C=O) groups is 1. The number of hydrogen-bond acceptors (Lipinski definition) is 6. The van der Waals surface area contributed by atoms with Gasteiger partial charge in [-0.15, -0.1) is 0 Å². The van der Waals surface area contributed by atoms with Gasteiger partial charge in [0, 0.05) is 29.2 Å². The van der Waals surface area contributed by atoms with Crippen LogP contribution >= 0.6 is 0 Å². The summed E-state index contributed by atoms with van der Waals surface area (Å²) < 4.78 is 5.02. The fraction of sp³-hybridized carbons (Fsp3) is 0.286. The van der Waals surface area contributed by atoms with Crippen LogP contribution in [0, 0.1) is 6.92 Å². The van der Waals surface area contributed by atoms with Gasteiger partial charge in [-0.25, -0.2) is 4.98 Å². The standard InChI is InChI=1S/C14H14N2O.C7H10N2O/c1-10-13(6-7-14(15)16-10)12-4-2-11(3-5-12)8-9-17;1-7(2-3-7)5-4-6(8)9-10-5/h2-7,9H,8H2,1H3,(H2,15,16);4H,2-3H2,1H3,(H2,8,9). The lowest BCUT2D eigenvalue weighted by molar-refractivity contribution is -0.107. The van der Waals surface area contributed by atoms with Gasteiger partial charge in [-0.05, 0) is 43.0 Å². The molecule has 0 saturated heterocycles. The third-order valence-corrected chi connectivity index (χ3v) is 4.81. The van der Waals surface area contributed by atoms with Crippen molar-refractivity contribution in [2.24, 2.45) is 0 Å². The van der Waals surface area contributed by atoms with Gasteiger partial charge in [0.05, 0.1) is 0 Å². The lowest BCUT2D eigenvalue weighted by Crippen LogP contribution is -1.95. The zero-order chi connectivity index (χ0) is 19.4. The molecule has 0 spiro atoms. The number of carbonyl (C=O) groups excluding carboxylic acids is 1. The van der Waals surface area contributed by atoms with Gasteiger partial charge in [-0.2, -0.15) is 0 Å². The van der Waals surface area contributed by atoms with E-state index < -0.39 is 0 Å². The molecule has 6 nitrogen and oxygen atoms in total. The van der Waals surface area contributed by atoms with Crippen molar-refractivity contribution >= 4 is 17.9 Å². The van der Waals surface area contributed by atoms with E-state index in [1.807, 2.05) is 43.3 Å². The third-order valence-electron chi connectivity index (χ3n) is 4.81. The van der Waals surface area contributed by atoms with Crippen molar-refractivity contribution in [3.05, 3.63) is 59.5 Å². The molecule has 0 bridgehead atoms. The minimum atomic E-state index is 0.255. The van der Waals surface area contributed by atoms with Crippen LogP contribution in [0.25, 0.3) is 11.1 Å². The molecule has 140 valence electrons. The van der Waals surface area contributed by atoms with Gasteiger partial charge in [0.15, 0.2) is 5.82 Å². The molecule has 2 heterocycles. The lowest BCUT2D eigenvalue weighted by Gasteiger charge is -2.06. The van der Waals surface area contributed by atoms with Crippen molar-refractivity contribution in [3.8, 4) is 11.1 Å². The lowest BCUT2D eigenvalue weighted by atomic mass is 10.0. The number of aromatic nitrogens is 2. The van der Waals surface area contributed by atoms with Gasteiger partial charge in [0.1, 0.15) is 17.9 Å². The van der Waals surface area contributed by atoms with Gasteiger partial charge in [-0.3, -0.25) is 0 Å². The number of hydrogen-bond donors (Lipinski definition) is 2. The Morgan fingerprint density at radius 1 is 1.11 bits per heavy atom. The van der Waals surface area contributed by atoms with Crippen LogP contribution in [0.1, 0.15) is 36.8 Å². The molecule has 0 amide bonds. The van der Waals surface area contributed by atoms with Crippen LogP contribution in [0.3, 0.4) is 0 Å². The molecule has 0 unspecified atom stereocenters. The smallest absolute Gasteiger partial charge is 0.167 e. The third kappa shape index (κ3) is 4.53. The van der Waals surface area contributed by atoms with Gasteiger partial charge in [0.25, 0.3) is 0 Å². The van der Waals surface area contributed by atoms with Crippen LogP contribution in [0.2, 0.25) is 0 Å². The van der Waals surface area contributed by atoms with Crippen LogP contribution in [0.15, 0.2) is 47.0 Å². The van der Waals surface area contributed by atoms with Crippen molar-refractivity contribution < 1.29 is 9.32 Å². The van der Waals surface area contributed by atoms with Crippen molar-refractivity contribution in [1.29, 1.82) is 0 Å². The van der Waals surface area contributed by atoms with Gasteiger partial charge in [0.2, 0.25) is 0 Å². The quantitative estimate of drug-likeness (QED) is 0.684. The minimum Gasteiger partial charge on any atom is -0.384 e. The molecule has 4 N–H and O–H groups in total. The Morgan fingerprint density at radius 3 is 2.33 bits per heavy atom. The Morgan fingerprint density at radius 2 is 1.81 bits per heavy atom. The highest BCUT2D eigenvalue weighted by Crippen LogP contribution is 2.47. The largest absolute Gasteiger partial charge is 0.384 e. The summed E-state index contributed by atoms with van der Waals surface area (Å²) in [5.41, 5.74) is 15.4. The second-order valence-electron chi connectivity index (χ2n) is 7.11. The topological polar surface area (TPSA) is 108 Å². The molecule has 1 fully saturated rings.